The average Bonchev–Trinajstić information content (AvgIpc) is 2.75. The Morgan fingerprint density at radius 3 is 2.44 bits per heavy atom. The maximum absolute atomic E-state index is 13.4. The Bertz CT molecular complexity index is 1260. The topological polar surface area (TPSA) is 158 Å². The molecule has 0 aromatic carbocycles. The third-order valence-electron chi connectivity index (χ3n) is 5.96. The van der Waals surface area contributed by atoms with Gasteiger partial charge in [-0.2, -0.15) is 5.26 Å². The molecule has 184 valence electrons. The monoisotopic (exact) mass is 470 g/mol. The van der Waals surface area contributed by atoms with Gasteiger partial charge < -0.3 is 15.6 Å². The lowest BCUT2D eigenvalue weighted by Gasteiger charge is -2.25. The van der Waals surface area contributed by atoms with Crippen molar-refractivity contribution in [1.82, 2.24) is 14.5 Å². The molecular weight excluding hydrogens is 436 g/mol. The molecule has 34 heavy (non-hydrogen) atoms. The summed E-state index contributed by atoms with van der Waals surface area (Å²) in [5.41, 5.74) is 6.34. The van der Waals surface area contributed by atoms with E-state index >= 15 is 0 Å². The van der Waals surface area contributed by atoms with Crippen LogP contribution < -0.4 is 27.4 Å². The van der Waals surface area contributed by atoms with Crippen molar-refractivity contribution in [2.45, 2.75) is 73.3 Å². The second-order valence-corrected chi connectivity index (χ2v) is 8.90. The highest BCUT2D eigenvalue weighted by Crippen LogP contribution is 2.21. The Hall–Kier alpha value is -3.61. The molecule has 0 aliphatic heterocycles. The van der Waals surface area contributed by atoms with Crippen LogP contribution in [0.2, 0.25) is 0 Å². The van der Waals surface area contributed by atoms with Crippen LogP contribution in [0, 0.1) is 31.1 Å². The Kier molecular flexibility index (Phi) is 9.01. The van der Waals surface area contributed by atoms with Gasteiger partial charge in [0.1, 0.15) is 17.5 Å². The smallest absolute Gasteiger partial charge is 0.330 e. The summed E-state index contributed by atoms with van der Waals surface area (Å²) in [7, 11) is 0. The minimum atomic E-state index is -0.699. The van der Waals surface area contributed by atoms with E-state index in [1.165, 1.54) is 9.47 Å². The number of anilines is 2. The fourth-order valence-electron chi connectivity index (χ4n) is 3.91. The number of hydrogen-bond acceptors (Lipinski definition) is 6. The number of nitrogens with two attached hydrogens (primary N) is 1. The first-order valence-corrected chi connectivity index (χ1v) is 11.6. The maximum Gasteiger partial charge on any atom is 0.330 e. The number of carbonyl (C=O) groups excluding carboxylic acids is 1. The highest BCUT2D eigenvalue weighted by atomic mass is 16.2. The van der Waals surface area contributed by atoms with Gasteiger partial charge in [-0.1, -0.05) is 27.2 Å². The van der Waals surface area contributed by atoms with Gasteiger partial charge in [0.2, 0.25) is 5.91 Å². The molecule has 0 aliphatic rings. The first-order chi connectivity index (χ1) is 16.0. The van der Waals surface area contributed by atoms with Crippen LogP contribution in [0.5, 0.6) is 0 Å². The predicted octanol–water partition coefficient (Wildman–Crippen LogP) is 2.11. The van der Waals surface area contributed by atoms with E-state index in [0.717, 1.165) is 6.42 Å². The van der Waals surface area contributed by atoms with E-state index in [2.05, 4.69) is 9.97 Å². The largest absolute Gasteiger partial charge is 0.383 e. The zero-order chi connectivity index (χ0) is 25.6. The van der Waals surface area contributed by atoms with Crippen LogP contribution in [0.1, 0.15) is 68.8 Å². The molecule has 0 bridgehead atoms. The van der Waals surface area contributed by atoms with Crippen molar-refractivity contribution in [1.29, 1.82) is 5.26 Å². The number of nitriles is 1. The van der Waals surface area contributed by atoms with Gasteiger partial charge in [0.25, 0.3) is 11.1 Å². The van der Waals surface area contributed by atoms with E-state index in [9.17, 15) is 24.4 Å². The molecule has 2 heterocycles. The molecule has 4 N–H and O–H groups in total. The predicted molar refractivity (Wildman–Crippen MR) is 132 cm³/mol. The number of nitrogens with zero attached hydrogens (tertiary/aromatic N) is 3. The number of aromatic nitrogens is 3. The van der Waals surface area contributed by atoms with Crippen molar-refractivity contribution < 1.29 is 4.79 Å². The molecular formula is C24H34N6O4. The molecule has 0 unspecified atom stereocenters. The number of aryl methyl sites for hydroxylation is 1. The molecule has 10 nitrogen and oxygen atoms in total. The molecule has 0 saturated heterocycles. The number of amides is 1. The lowest BCUT2D eigenvalue weighted by molar-refractivity contribution is -0.118. The zero-order valence-corrected chi connectivity index (χ0v) is 20.6. The molecule has 2 rings (SSSR count). The van der Waals surface area contributed by atoms with Crippen molar-refractivity contribution in [3.63, 3.8) is 0 Å². The number of unbranched alkanes of at least 4 members (excludes halogenated alkanes) is 1. The van der Waals surface area contributed by atoms with Crippen LogP contribution in [0.15, 0.2) is 14.4 Å². The minimum Gasteiger partial charge on any atom is -0.383 e. The number of carbonyl (C=O) groups is 1. The molecule has 0 aliphatic carbocycles. The highest BCUT2D eigenvalue weighted by Gasteiger charge is 2.25. The van der Waals surface area contributed by atoms with Crippen molar-refractivity contribution in [2.24, 2.45) is 5.92 Å². The second-order valence-electron chi connectivity index (χ2n) is 8.90. The van der Waals surface area contributed by atoms with Gasteiger partial charge in [0.05, 0.1) is 0 Å². The number of hydrogen-bond donors (Lipinski definition) is 3. The molecule has 2 aromatic heterocycles. The summed E-state index contributed by atoms with van der Waals surface area (Å²) in [6, 6.07) is 1.91. The number of nitrogens with one attached hydrogen (secondary N) is 2. The van der Waals surface area contributed by atoms with Crippen LogP contribution >= 0.6 is 0 Å². The molecule has 0 atom stereocenters. The normalized spacial score (nSPS) is 11.0. The number of aromatic amines is 2. The minimum absolute atomic E-state index is 0.0195. The van der Waals surface area contributed by atoms with Gasteiger partial charge >= 0.3 is 5.69 Å². The van der Waals surface area contributed by atoms with Crippen LogP contribution in [-0.4, -0.2) is 27.0 Å². The Balaban J connectivity index is 2.47. The standard InChI is InChI=1S/C24H34N6O4/c1-6-7-11-30-21(26)20(23(33)28-24(30)34)29(12-10-14(2)3)19(31)9-8-17-15(4)18(13-25)22(32)27-16(17)5/h14H,6-12,26H2,1-5H3,(H,27,32)(H,28,33,34). The van der Waals surface area contributed by atoms with Crippen LogP contribution in [0.4, 0.5) is 11.5 Å². The van der Waals surface area contributed by atoms with Crippen molar-refractivity contribution in [2.75, 3.05) is 17.2 Å². The SMILES string of the molecule is CCCCn1c(N)c(N(CCC(C)C)C(=O)CCc2c(C)[nH]c(=O)c(C#N)c2C)c(=O)[nH]c1=O. The number of nitrogen functional groups attached to an aromatic ring is 1. The van der Waals surface area contributed by atoms with E-state index in [0.29, 0.717) is 36.2 Å². The van der Waals surface area contributed by atoms with E-state index in [1.807, 2.05) is 26.8 Å². The van der Waals surface area contributed by atoms with Gasteiger partial charge in [0.15, 0.2) is 5.69 Å². The molecule has 0 radical (unpaired) electrons. The molecule has 0 spiro atoms. The molecule has 1 amide bonds. The number of H-pyrrole nitrogens is 2. The third kappa shape index (κ3) is 5.84. The van der Waals surface area contributed by atoms with E-state index in [4.69, 9.17) is 5.73 Å². The second kappa shape index (κ2) is 11.5. The fourth-order valence-corrected chi connectivity index (χ4v) is 3.91. The van der Waals surface area contributed by atoms with Crippen LogP contribution in [0.25, 0.3) is 0 Å². The quantitative estimate of drug-likeness (QED) is 0.482. The molecule has 0 saturated carbocycles. The van der Waals surface area contributed by atoms with Gasteiger partial charge in [-0.05, 0) is 50.2 Å². The van der Waals surface area contributed by atoms with Gasteiger partial charge in [0, 0.05) is 25.2 Å². The number of rotatable bonds is 10. The van der Waals surface area contributed by atoms with Crippen molar-refractivity contribution >= 4 is 17.4 Å². The summed E-state index contributed by atoms with van der Waals surface area (Å²) in [5, 5.41) is 9.30. The lowest BCUT2D eigenvalue weighted by atomic mass is 9.98. The summed E-state index contributed by atoms with van der Waals surface area (Å²) in [6.45, 7) is 10.0. The summed E-state index contributed by atoms with van der Waals surface area (Å²) in [4.78, 5) is 56.8. The fraction of sp³-hybridized carbons (Fsp3) is 0.542. The van der Waals surface area contributed by atoms with Gasteiger partial charge in [-0.25, -0.2) is 4.79 Å². The van der Waals surface area contributed by atoms with Crippen molar-refractivity contribution in [3.05, 3.63) is 53.6 Å². The van der Waals surface area contributed by atoms with Crippen LogP contribution in [0.3, 0.4) is 0 Å². The van der Waals surface area contributed by atoms with Crippen molar-refractivity contribution in [3.8, 4) is 6.07 Å². The summed E-state index contributed by atoms with van der Waals surface area (Å²) >= 11 is 0. The first-order valence-electron chi connectivity index (χ1n) is 11.6. The molecule has 10 heteroatoms. The zero-order valence-electron chi connectivity index (χ0n) is 20.6. The van der Waals surface area contributed by atoms with Crippen LogP contribution in [-0.2, 0) is 17.8 Å². The van der Waals surface area contributed by atoms with Gasteiger partial charge in [-0.15, -0.1) is 0 Å². The lowest BCUT2D eigenvalue weighted by Crippen LogP contribution is -2.42. The van der Waals surface area contributed by atoms with Gasteiger partial charge in [-0.3, -0.25) is 23.9 Å². The average molecular weight is 471 g/mol. The summed E-state index contributed by atoms with van der Waals surface area (Å²) in [5.74, 6) is -0.0898. The third-order valence-corrected chi connectivity index (χ3v) is 5.96. The number of pyridine rings is 1. The Labute approximate surface area is 198 Å². The maximum atomic E-state index is 13.4. The van der Waals surface area contributed by atoms with E-state index < -0.39 is 16.8 Å². The summed E-state index contributed by atoms with van der Waals surface area (Å²) < 4.78 is 1.30. The Morgan fingerprint density at radius 2 is 1.85 bits per heavy atom. The molecule has 0 fully saturated rings. The summed E-state index contributed by atoms with van der Waals surface area (Å²) in [6.07, 6.45) is 2.46. The Morgan fingerprint density at radius 1 is 1.18 bits per heavy atom. The van der Waals surface area contributed by atoms with E-state index in [-0.39, 0.29) is 48.3 Å². The first kappa shape index (κ1) is 26.6. The van der Waals surface area contributed by atoms with E-state index in [1.54, 1.807) is 13.8 Å². The highest BCUT2D eigenvalue weighted by molar-refractivity contribution is 5.95. The molecule has 2 aromatic rings.